The number of anilines is 1. The summed E-state index contributed by atoms with van der Waals surface area (Å²) in [6, 6.07) is 12.2. The van der Waals surface area contributed by atoms with E-state index in [-0.39, 0.29) is 17.8 Å². The molecule has 2 aromatic carbocycles. The van der Waals surface area contributed by atoms with E-state index in [1.165, 1.54) is 24.3 Å². The number of hydrogen-bond donors (Lipinski definition) is 2. The van der Waals surface area contributed by atoms with E-state index < -0.39 is 12.0 Å². The van der Waals surface area contributed by atoms with Gasteiger partial charge in [0.25, 0.3) is 11.8 Å². The second kappa shape index (κ2) is 9.32. The van der Waals surface area contributed by atoms with Crippen molar-refractivity contribution in [2.24, 2.45) is 0 Å². The van der Waals surface area contributed by atoms with Gasteiger partial charge >= 0.3 is 0 Å². The molecule has 1 aliphatic rings. The molecule has 2 amide bonds. The minimum Gasteiger partial charge on any atom is -0.481 e. The van der Waals surface area contributed by atoms with Gasteiger partial charge in [0.05, 0.1) is 17.4 Å². The van der Waals surface area contributed by atoms with E-state index in [9.17, 15) is 14.0 Å². The summed E-state index contributed by atoms with van der Waals surface area (Å²) < 4.78 is 24.0. The van der Waals surface area contributed by atoms with E-state index in [1.54, 1.807) is 31.2 Å². The third-order valence-corrected chi connectivity index (χ3v) is 4.44. The summed E-state index contributed by atoms with van der Waals surface area (Å²) in [5, 5.41) is 5.57. The van der Waals surface area contributed by atoms with Gasteiger partial charge in [-0.2, -0.15) is 0 Å². The molecule has 0 unspecified atom stereocenters. The monoisotopic (exact) mass is 386 g/mol. The zero-order chi connectivity index (χ0) is 19.9. The Morgan fingerprint density at radius 3 is 2.68 bits per heavy atom. The Hall–Kier alpha value is -2.93. The quantitative estimate of drug-likeness (QED) is 0.767. The Labute approximate surface area is 163 Å². The van der Waals surface area contributed by atoms with Crippen LogP contribution >= 0.6 is 0 Å². The Morgan fingerprint density at radius 1 is 1.21 bits per heavy atom. The van der Waals surface area contributed by atoms with Crippen molar-refractivity contribution in [2.45, 2.75) is 32.0 Å². The molecule has 6 nitrogen and oxygen atoms in total. The molecule has 0 saturated carbocycles. The van der Waals surface area contributed by atoms with Gasteiger partial charge < -0.3 is 20.1 Å². The molecule has 0 bridgehead atoms. The fourth-order valence-electron chi connectivity index (χ4n) is 2.90. The van der Waals surface area contributed by atoms with Crippen LogP contribution in [0.2, 0.25) is 0 Å². The van der Waals surface area contributed by atoms with Gasteiger partial charge in [0.2, 0.25) is 0 Å². The van der Waals surface area contributed by atoms with Crippen LogP contribution in [0.4, 0.5) is 10.1 Å². The first-order chi connectivity index (χ1) is 13.5. The van der Waals surface area contributed by atoms with Gasteiger partial charge in [0, 0.05) is 13.2 Å². The molecule has 1 fully saturated rings. The lowest BCUT2D eigenvalue weighted by atomic mass is 10.1. The summed E-state index contributed by atoms with van der Waals surface area (Å²) in [7, 11) is 0. The number of amides is 2. The predicted molar refractivity (Wildman–Crippen MR) is 103 cm³/mol. The minimum atomic E-state index is -0.825. The van der Waals surface area contributed by atoms with Crippen LogP contribution < -0.4 is 15.4 Å². The Kier molecular flexibility index (Phi) is 6.60. The highest BCUT2D eigenvalue weighted by atomic mass is 19.1. The van der Waals surface area contributed by atoms with Crippen LogP contribution in [0.15, 0.2) is 48.5 Å². The molecule has 0 aliphatic carbocycles. The van der Waals surface area contributed by atoms with Crippen molar-refractivity contribution in [1.29, 1.82) is 0 Å². The molecule has 7 heteroatoms. The number of rotatable bonds is 7. The van der Waals surface area contributed by atoms with E-state index in [1.807, 2.05) is 0 Å². The topological polar surface area (TPSA) is 76.7 Å². The van der Waals surface area contributed by atoms with Crippen molar-refractivity contribution in [3.05, 3.63) is 59.9 Å². The normalized spacial score (nSPS) is 17.0. The number of carbonyl (C=O) groups excluding carboxylic acids is 2. The van der Waals surface area contributed by atoms with Crippen LogP contribution in [-0.4, -0.2) is 37.2 Å². The molecule has 0 aromatic heterocycles. The largest absolute Gasteiger partial charge is 0.481 e. The molecule has 2 N–H and O–H groups in total. The predicted octanol–water partition coefficient (Wildman–Crippen LogP) is 3.14. The molecule has 1 heterocycles. The van der Waals surface area contributed by atoms with Gasteiger partial charge in [0.15, 0.2) is 6.10 Å². The highest BCUT2D eigenvalue weighted by molar-refractivity contribution is 6.04. The summed E-state index contributed by atoms with van der Waals surface area (Å²) >= 11 is 0. The molecule has 0 radical (unpaired) electrons. The summed E-state index contributed by atoms with van der Waals surface area (Å²) in [5.74, 6) is -0.693. The fourth-order valence-corrected chi connectivity index (χ4v) is 2.90. The van der Waals surface area contributed by atoms with E-state index in [4.69, 9.17) is 9.47 Å². The molecule has 1 saturated heterocycles. The summed E-state index contributed by atoms with van der Waals surface area (Å²) in [6.07, 6.45) is 1.14. The number of carbonyl (C=O) groups is 2. The number of hydrogen-bond acceptors (Lipinski definition) is 4. The van der Waals surface area contributed by atoms with Crippen LogP contribution in [-0.2, 0) is 9.53 Å². The summed E-state index contributed by atoms with van der Waals surface area (Å²) in [5.41, 5.74) is 0.759. The highest BCUT2D eigenvalue weighted by Gasteiger charge is 2.20. The van der Waals surface area contributed by atoms with Crippen LogP contribution in [0.1, 0.15) is 30.1 Å². The van der Waals surface area contributed by atoms with E-state index >= 15 is 0 Å². The maximum atomic E-state index is 13.0. The van der Waals surface area contributed by atoms with E-state index in [2.05, 4.69) is 10.6 Å². The van der Waals surface area contributed by atoms with Gasteiger partial charge in [-0.25, -0.2) is 4.39 Å². The SMILES string of the molecule is C[C@H](Oc1ccc(F)cc1)C(=O)Nc1ccccc1C(=O)NC[C@H]1CCCO1. The van der Waals surface area contributed by atoms with Crippen molar-refractivity contribution in [2.75, 3.05) is 18.5 Å². The fraction of sp³-hybridized carbons (Fsp3) is 0.333. The highest BCUT2D eigenvalue weighted by Crippen LogP contribution is 2.18. The molecular weight excluding hydrogens is 363 g/mol. The lowest BCUT2D eigenvalue weighted by molar-refractivity contribution is -0.122. The van der Waals surface area contributed by atoms with Crippen molar-refractivity contribution < 1.29 is 23.5 Å². The van der Waals surface area contributed by atoms with Crippen molar-refractivity contribution >= 4 is 17.5 Å². The van der Waals surface area contributed by atoms with E-state index in [0.717, 1.165) is 19.4 Å². The van der Waals surface area contributed by atoms with Gasteiger partial charge in [-0.05, 0) is 56.2 Å². The smallest absolute Gasteiger partial charge is 0.265 e. The maximum absolute atomic E-state index is 13.0. The number of ether oxygens (including phenoxy) is 2. The molecule has 148 valence electrons. The van der Waals surface area contributed by atoms with Gasteiger partial charge in [-0.3, -0.25) is 9.59 Å². The Balaban J connectivity index is 1.60. The average molecular weight is 386 g/mol. The molecule has 28 heavy (non-hydrogen) atoms. The van der Waals surface area contributed by atoms with E-state index in [0.29, 0.717) is 23.5 Å². The first kappa shape index (κ1) is 19.8. The number of halogens is 1. The zero-order valence-electron chi connectivity index (χ0n) is 15.6. The molecule has 2 aromatic rings. The van der Waals surface area contributed by atoms with Crippen molar-refractivity contribution in [3.8, 4) is 5.75 Å². The first-order valence-electron chi connectivity index (χ1n) is 9.25. The van der Waals surface area contributed by atoms with Crippen LogP contribution in [0.25, 0.3) is 0 Å². The second-order valence-corrected chi connectivity index (χ2v) is 6.59. The van der Waals surface area contributed by atoms with Crippen LogP contribution in [0.3, 0.4) is 0 Å². The lowest BCUT2D eigenvalue weighted by Crippen LogP contribution is -2.34. The Morgan fingerprint density at radius 2 is 1.96 bits per heavy atom. The minimum absolute atomic E-state index is 0.0369. The number of benzene rings is 2. The standard InChI is InChI=1S/C21H23FN2O4/c1-14(28-16-10-8-15(22)9-11-16)20(25)24-19-7-3-2-6-18(19)21(26)23-13-17-5-4-12-27-17/h2-3,6-11,14,17H,4-5,12-13H2,1H3,(H,23,26)(H,24,25)/t14-,17+/m0/s1. The molecule has 1 aliphatic heterocycles. The first-order valence-corrected chi connectivity index (χ1v) is 9.25. The van der Waals surface area contributed by atoms with Gasteiger partial charge in [-0.1, -0.05) is 12.1 Å². The lowest BCUT2D eigenvalue weighted by Gasteiger charge is -2.17. The van der Waals surface area contributed by atoms with Crippen LogP contribution in [0.5, 0.6) is 5.75 Å². The molecule has 0 spiro atoms. The second-order valence-electron chi connectivity index (χ2n) is 6.59. The zero-order valence-corrected chi connectivity index (χ0v) is 15.6. The number of nitrogens with one attached hydrogen (secondary N) is 2. The Bertz CT molecular complexity index is 819. The van der Waals surface area contributed by atoms with Crippen LogP contribution in [0, 0.1) is 5.82 Å². The maximum Gasteiger partial charge on any atom is 0.265 e. The molecule has 3 rings (SSSR count). The third-order valence-electron chi connectivity index (χ3n) is 4.44. The summed E-state index contributed by atoms with van der Waals surface area (Å²) in [6.45, 7) is 2.74. The average Bonchev–Trinajstić information content (AvgIpc) is 3.22. The summed E-state index contributed by atoms with van der Waals surface area (Å²) in [4.78, 5) is 25.0. The van der Waals surface area contributed by atoms with Gasteiger partial charge in [-0.15, -0.1) is 0 Å². The molecule has 2 atom stereocenters. The van der Waals surface area contributed by atoms with Crippen molar-refractivity contribution in [1.82, 2.24) is 5.32 Å². The number of para-hydroxylation sites is 1. The van der Waals surface area contributed by atoms with Gasteiger partial charge in [0.1, 0.15) is 11.6 Å². The molecular formula is C21H23FN2O4. The van der Waals surface area contributed by atoms with Crippen molar-refractivity contribution in [3.63, 3.8) is 0 Å². The third kappa shape index (κ3) is 5.29.